The van der Waals surface area contributed by atoms with Crippen molar-refractivity contribution in [3.8, 4) is 0 Å². The number of hydrogen-bond acceptors (Lipinski definition) is 4. The molecule has 0 saturated carbocycles. The van der Waals surface area contributed by atoms with Crippen LogP contribution in [0.4, 0.5) is 0 Å². The molecule has 2 N–H and O–H groups in total. The van der Waals surface area contributed by atoms with Crippen molar-refractivity contribution in [3.05, 3.63) is 23.5 Å². The first-order valence-corrected chi connectivity index (χ1v) is 6.28. The molecular formula is C13H15N3O4. The lowest BCUT2D eigenvalue weighted by molar-refractivity contribution is -0.138. The first-order chi connectivity index (χ1) is 9.43. The lowest BCUT2D eigenvalue weighted by atomic mass is 10.1. The van der Waals surface area contributed by atoms with E-state index in [0.717, 1.165) is 0 Å². The van der Waals surface area contributed by atoms with Crippen molar-refractivity contribution in [1.29, 1.82) is 0 Å². The van der Waals surface area contributed by atoms with E-state index in [1.54, 1.807) is 6.92 Å². The highest BCUT2D eigenvalue weighted by Gasteiger charge is 2.36. The van der Waals surface area contributed by atoms with E-state index in [2.05, 4.69) is 10.3 Å². The van der Waals surface area contributed by atoms with Gasteiger partial charge in [-0.2, -0.15) is 0 Å². The van der Waals surface area contributed by atoms with Crippen LogP contribution < -0.4 is 5.32 Å². The van der Waals surface area contributed by atoms with Gasteiger partial charge in [0.15, 0.2) is 5.78 Å². The van der Waals surface area contributed by atoms with Crippen molar-refractivity contribution < 1.29 is 19.2 Å². The van der Waals surface area contributed by atoms with Gasteiger partial charge < -0.3 is 9.88 Å². The highest BCUT2D eigenvalue weighted by Crippen LogP contribution is 2.14. The Balaban J connectivity index is 2.27. The number of hydrogen-bond donors (Lipinski definition) is 2. The zero-order valence-electron chi connectivity index (χ0n) is 11.2. The zero-order valence-corrected chi connectivity index (χ0v) is 11.2. The number of aromatic amines is 1. The number of rotatable bonds is 3. The molecule has 1 fully saturated rings. The van der Waals surface area contributed by atoms with Gasteiger partial charge in [0.25, 0.3) is 5.91 Å². The summed E-state index contributed by atoms with van der Waals surface area (Å²) in [6, 6.07) is 0.748. The maximum Gasteiger partial charge on any atom is 0.271 e. The number of H-pyrrole nitrogens is 1. The van der Waals surface area contributed by atoms with Crippen LogP contribution in [0.1, 0.15) is 41.1 Å². The van der Waals surface area contributed by atoms with Crippen molar-refractivity contribution in [2.24, 2.45) is 0 Å². The van der Waals surface area contributed by atoms with Crippen LogP contribution in [0.3, 0.4) is 0 Å². The average molecular weight is 277 g/mol. The van der Waals surface area contributed by atoms with Crippen molar-refractivity contribution >= 4 is 23.5 Å². The van der Waals surface area contributed by atoms with E-state index in [-0.39, 0.29) is 18.0 Å². The molecule has 106 valence electrons. The number of nitrogens with zero attached hydrogens (tertiary/aromatic N) is 1. The van der Waals surface area contributed by atoms with Crippen LogP contribution in [0.15, 0.2) is 12.3 Å². The number of aromatic nitrogens is 1. The third-order valence-electron chi connectivity index (χ3n) is 3.22. The Labute approximate surface area is 115 Å². The molecule has 0 radical (unpaired) electrons. The lowest BCUT2D eigenvalue weighted by Gasteiger charge is -2.33. The fourth-order valence-corrected chi connectivity index (χ4v) is 2.16. The molecule has 1 saturated heterocycles. The van der Waals surface area contributed by atoms with Crippen molar-refractivity contribution in [1.82, 2.24) is 15.2 Å². The predicted molar refractivity (Wildman–Crippen MR) is 69.1 cm³/mol. The molecule has 0 aromatic carbocycles. The minimum absolute atomic E-state index is 0.167. The van der Waals surface area contributed by atoms with Crippen LogP contribution >= 0.6 is 0 Å². The fourth-order valence-electron chi connectivity index (χ4n) is 2.16. The number of ketones is 1. The number of carbonyl (C=O) groups is 4. The number of nitrogens with one attached hydrogen (secondary N) is 2. The Morgan fingerprint density at radius 2 is 2.10 bits per heavy atom. The van der Waals surface area contributed by atoms with Crippen LogP contribution in [0.25, 0.3) is 0 Å². The smallest absolute Gasteiger partial charge is 0.271 e. The maximum absolute atomic E-state index is 12.3. The number of amides is 3. The third-order valence-corrected chi connectivity index (χ3v) is 3.22. The van der Waals surface area contributed by atoms with Crippen LogP contribution in [0, 0.1) is 0 Å². The molecule has 1 atom stereocenters. The largest absolute Gasteiger partial charge is 0.356 e. The fraction of sp³-hybridized carbons (Fsp3) is 0.385. The number of imide groups is 1. The van der Waals surface area contributed by atoms with E-state index in [9.17, 15) is 19.2 Å². The van der Waals surface area contributed by atoms with E-state index in [1.807, 2.05) is 0 Å². The van der Waals surface area contributed by atoms with Gasteiger partial charge in [0.05, 0.1) is 0 Å². The molecule has 1 aliphatic heterocycles. The van der Waals surface area contributed by atoms with E-state index in [1.165, 1.54) is 24.1 Å². The highest BCUT2D eigenvalue weighted by atomic mass is 16.2. The molecule has 0 spiro atoms. The molecule has 2 rings (SSSR count). The van der Waals surface area contributed by atoms with Gasteiger partial charge in [-0.15, -0.1) is 0 Å². The molecule has 1 aromatic rings. The summed E-state index contributed by atoms with van der Waals surface area (Å²) >= 11 is 0. The topological polar surface area (TPSA) is 99.3 Å². The van der Waals surface area contributed by atoms with Gasteiger partial charge in [0, 0.05) is 11.8 Å². The molecule has 2 heterocycles. The first kappa shape index (κ1) is 14.0. The van der Waals surface area contributed by atoms with Gasteiger partial charge in [-0.1, -0.05) is 6.92 Å². The molecule has 20 heavy (non-hydrogen) atoms. The molecule has 0 bridgehead atoms. The van der Waals surface area contributed by atoms with Crippen LogP contribution in [-0.2, 0) is 9.59 Å². The predicted octanol–water partition coefficient (Wildman–Crippen LogP) is 0.0945. The summed E-state index contributed by atoms with van der Waals surface area (Å²) in [6.07, 6.45) is 1.84. The second-order valence-corrected chi connectivity index (χ2v) is 4.63. The maximum atomic E-state index is 12.3. The Kier molecular flexibility index (Phi) is 3.69. The van der Waals surface area contributed by atoms with Gasteiger partial charge >= 0.3 is 0 Å². The molecule has 0 aliphatic carbocycles. The van der Waals surface area contributed by atoms with Crippen LogP contribution in [0.2, 0.25) is 0 Å². The Bertz CT molecular complexity index is 590. The standard InChI is InChI=1S/C13H15N3O4/c1-3-10-12(19)15-11(18)6-16(10)13(20)9-4-8(5-14-9)7(2)17/h4-5,10,14H,3,6H2,1-2H3,(H,15,18,19). The summed E-state index contributed by atoms with van der Waals surface area (Å²) in [4.78, 5) is 50.6. The molecule has 1 unspecified atom stereocenters. The summed E-state index contributed by atoms with van der Waals surface area (Å²) in [7, 11) is 0. The van der Waals surface area contributed by atoms with E-state index >= 15 is 0 Å². The summed E-state index contributed by atoms with van der Waals surface area (Å²) in [5.74, 6) is -1.62. The summed E-state index contributed by atoms with van der Waals surface area (Å²) in [5, 5.41) is 2.20. The number of carbonyl (C=O) groups excluding carboxylic acids is 4. The summed E-state index contributed by atoms with van der Waals surface area (Å²) in [6.45, 7) is 2.98. The second-order valence-electron chi connectivity index (χ2n) is 4.63. The quantitative estimate of drug-likeness (QED) is 0.604. The van der Waals surface area contributed by atoms with E-state index in [4.69, 9.17) is 0 Å². The minimum Gasteiger partial charge on any atom is -0.356 e. The van der Waals surface area contributed by atoms with Gasteiger partial charge in [0.1, 0.15) is 18.3 Å². The van der Waals surface area contributed by atoms with Crippen LogP contribution in [0.5, 0.6) is 0 Å². The number of Topliss-reactive ketones (excluding diaryl/α,β-unsaturated/α-hetero) is 1. The van der Waals surface area contributed by atoms with Gasteiger partial charge in [-0.3, -0.25) is 24.5 Å². The monoisotopic (exact) mass is 277 g/mol. The molecule has 3 amide bonds. The van der Waals surface area contributed by atoms with Gasteiger partial charge in [-0.05, 0) is 19.4 Å². The average Bonchev–Trinajstić information content (AvgIpc) is 2.86. The van der Waals surface area contributed by atoms with E-state index in [0.29, 0.717) is 12.0 Å². The van der Waals surface area contributed by atoms with Crippen LogP contribution in [-0.4, -0.2) is 46.0 Å². The van der Waals surface area contributed by atoms with E-state index < -0.39 is 23.8 Å². The summed E-state index contributed by atoms with van der Waals surface area (Å²) in [5.41, 5.74) is 0.574. The molecule has 7 heteroatoms. The van der Waals surface area contributed by atoms with Crippen molar-refractivity contribution in [2.75, 3.05) is 6.54 Å². The Morgan fingerprint density at radius 3 is 2.65 bits per heavy atom. The summed E-state index contributed by atoms with van der Waals surface area (Å²) < 4.78 is 0. The molecule has 1 aromatic heterocycles. The third kappa shape index (κ3) is 2.47. The highest BCUT2D eigenvalue weighted by molar-refractivity contribution is 6.07. The zero-order chi connectivity index (χ0) is 14.9. The van der Waals surface area contributed by atoms with Gasteiger partial charge in [0.2, 0.25) is 11.8 Å². The number of piperazine rings is 1. The Morgan fingerprint density at radius 1 is 1.40 bits per heavy atom. The lowest BCUT2D eigenvalue weighted by Crippen LogP contribution is -2.59. The Hall–Kier alpha value is -2.44. The molecule has 1 aliphatic rings. The van der Waals surface area contributed by atoms with Crippen molar-refractivity contribution in [2.45, 2.75) is 26.3 Å². The molecule has 7 nitrogen and oxygen atoms in total. The first-order valence-electron chi connectivity index (χ1n) is 6.28. The second kappa shape index (κ2) is 5.28. The SMILES string of the molecule is CCC1C(=O)NC(=O)CN1C(=O)c1cc(C(C)=O)c[nH]1. The normalized spacial score (nSPS) is 18.9. The molecular weight excluding hydrogens is 262 g/mol. The van der Waals surface area contributed by atoms with Gasteiger partial charge in [-0.25, -0.2) is 0 Å². The van der Waals surface area contributed by atoms with Crippen molar-refractivity contribution in [3.63, 3.8) is 0 Å². The minimum atomic E-state index is -0.677.